The number of amides is 4. The molecule has 4 aliphatic heterocycles. The van der Waals surface area contributed by atoms with E-state index in [2.05, 4.69) is 22.0 Å². The molecule has 0 unspecified atom stereocenters. The van der Waals surface area contributed by atoms with Crippen molar-refractivity contribution in [2.75, 3.05) is 37.7 Å². The predicted molar refractivity (Wildman–Crippen MR) is 167 cm³/mol. The lowest BCUT2D eigenvalue weighted by Gasteiger charge is -2.49. The number of anilines is 1. The first-order chi connectivity index (χ1) is 22.2. The molecule has 46 heavy (non-hydrogen) atoms. The number of hydrogen-bond donors (Lipinski definition) is 3. The lowest BCUT2D eigenvalue weighted by atomic mass is 10.0. The number of β-lactam (4-membered cyclic amide) rings is 1. The Hall–Kier alpha value is -4.38. The highest BCUT2D eigenvalue weighted by molar-refractivity contribution is 8.00. The largest absolute Gasteiger partial charge is 0.477 e. The van der Waals surface area contributed by atoms with Crippen LogP contribution in [-0.4, -0.2) is 116 Å². The molecule has 1 aromatic heterocycles. The normalized spacial score (nSPS) is 24.6. The number of nitrogens with two attached hydrogens (primary N) is 1. The van der Waals surface area contributed by atoms with Crippen LogP contribution in [-0.2, 0) is 28.8 Å². The number of ether oxygens (including phenoxy) is 1. The zero-order valence-electron chi connectivity index (χ0n) is 24.8. The number of carbonyl (C=O) groups excluding carboxylic acids is 4. The number of carbonyl (C=O) groups is 5. The standard InChI is InChI=1S/C29H33N7O8S2/c1-2-9-43-29(42)34-11-17(12-34)35-8-7-15(24(35)38)10-16-13-45-26-21(25(39)36(26)22(16)27(40)41)32-23(37)20(19-14-46-28(30)31-19)33-44-18-5-3-4-6-18/h2,10,14,17-18,21,26H,1,3-9,11-13H2,(H2,30,31)(H,32,37)(H,40,41)/b15-10+,33-20-/t21-,26-/m1/s1. The van der Waals surface area contributed by atoms with Gasteiger partial charge in [-0.3, -0.25) is 19.3 Å². The number of oxime groups is 1. The Morgan fingerprint density at radius 1 is 1.24 bits per heavy atom. The Balaban J connectivity index is 1.13. The average molecular weight is 672 g/mol. The van der Waals surface area contributed by atoms with Crippen molar-refractivity contribution >= 4 is 63.7 Å². The molecule has 5 heterocycles. The summed E-state index contributed by atoms with van der Waals surface area (Å²) >= 11 is 2.42. The first kappa shape index (κ1) is 31.6. The van der Waals surface area contributed by atoms with E-state index in [4.69, 9.17) is 15.3 Å². The van der Waals surface area contributed by atoms with Crippen LogP contribution >= 0.6 is 23.1 Å². The average Bonchev–Trinajstić information content (AvgIpc) is 3.77. The molecule has 0 radical (unpaired) electrons. The Bertz CT molecular complexity index is 1560. The summed E-state index contributed by atoms with van der Waals surface area (Å²) in [6.45, 7) is 4.75. The Kier molecular flexibility index (Phi) is 9.04. The number of carboxylic acids is 1. The maximum Gasteiger partial charge on any atom is 0.410 e. The van der Waals surface area contributed by atoms with Gasteiger partial charge in [-0.15, -0.1) is 23.1 Å². The molecule has 0 spiro atoms. The third-order valence-electron chi connectivity index (χ3n) is 8.45. The number of nitrogens with zero attached hydrogens (tertiary/aromatic N) is 5. The van der Waals surface area contributed by atoms with E-state index in [9.17, 15) is 29.1 Å². The molecule has 5 aliphatic rings. The highest BCUT2D eigenvalue weighted by atomic mass is 32.2. The SMILES string of the molecule is C=CCOC(=O)N1CC(N2CC/C(=C\C3=C(C(=O)O)N4C(=O)[C@@H](NC(=O)/C(=N\OC5CCCC5)c5csc(N)n5)[C@H]4SC3)C2=O)C1. The lowest BCUT2D eigenvalue weighted by molar-refractivity contribution is -0.150. The van der Waals surface area contributed by atoms with Crippen LogP contribution in [0.5, 0.6) is 0 Å². The molecular formula is C29H33N7O8S2. The van der Waals surface area contributed by atoms with Gasteiger partial charge in [-0.05, 0) is 43.8 Å². The number of thioether (sulfide) groups is 1. The molecule has 4 fully saturated rings. The molecule has 4 amide bonds. The minimum absolute atomic E-state index is 0.106. The van der Waals surface area contributed by atoms with Crippen LogP contribution in [0.15, 0.2) is 46.1 Å². The minimum atomic E-state index is -1.31. The van der Waals surface area contributed by atoms with Crippen LogP contribution in [0.3, 0.4) is 0 Å². The Morgan fingerprint density at radius 2 is 2.00 bits per heavy atom. The number of aromatic nitrogens is 1. The highest BCUT2D eigenvalue weighted by Crippen LogP contribution is 2.41. The fourth-order valence-corrected chi connectivity index (χ4v) is 7.89. The third-order valence-corrected chi connectivity index (χ3v) is 10.4. The number of hydrogen-bond acceptors (Lipinski definition) is 12. The van der Waals surface area contributed by atoms with Gasteiger partial charge in [-0.25, -0.2) is 14.6 Å². The molecule has 3 saturated heterocycles. The second kappa shape index (κ2) is 13.2. The molecule has 0 aromatic carbocycles. The topological polar surface area (TPSA) is 197 Å². The Morgan fingerprint density at radius 3 is 2.67 bits per heavy atom. The number of allylic oxidation sites excluding steroid dienone is 1. The summed E-state index contributed by atoms with van der Waals surface area (Å²) in [7, 11) is 0. The molecule has 2 atom stereocenters. The summed E-state index contributed by atoms with van der Waals surface area (Å²) in [5.41, 5.74) is 6.43. The number of nitrogen functional groups attached to an aromatic ring is 1. The highest BCUT2D eigenvalue weighted by Gasteiger charge is 2.54. The van der Waals surface area contributed by atoms with Crippen LogP contribution in [0.1, 0.15) is 37.8 Å². The molecule has 15 nitrogen and oxygen atoms in total. The van der Waals surface area contributed by atoms with Crippen molar-refractivity contribution in [3.63, 3.8) is 0 Å². The van der Waals surface area contributed by atoms with Gasteiger partial charge in [0, 0.05) is 36.3 Å². The lowest BCUT2D eigenvalue weighted by Crippen LogP contribution is -2.71. The second-order valence-corrected chi connectivity index (χ2v) is 13.4. The molecule has 1 saturated carbocycles. The zero-order chi connectivity index (χ0) is 32.5. The van der Waals surface area contributed by atoms with E-state index in [1.807, 2.05) is 0 Å². The van der Waals surface area contributed by atoms with Gasteiger partial charge in [0.25, 0.3) is 11.8 Å². The van der Waals surface area contributed by atoms with Crippen molar-refractivity contribution in [3.05, 3.63) is 46.6 Å². The molecule has 0 bridgehead atoms. The van der Waals surface area contributed by atoms with Gasteiger partial charge in [0.1, 0.15) is 35.5 Å². The summed E-state index contributed by atoms with van der Waals surface area (Å²) in [6.07, 6.45) is 6.52. The summed E-state index contributed by atoms with van der Waals surface area (Å²) in [5, 5.41) is 18.0. The van der Waals surface area contributed by atoms with Crippen molar-refractivity contribution < 1.29 is 38.7 Å². The number of aliphatic carboxylic acids is 1. The first-order valence-corrected chi connectivity index (χ1v) is 16.8. The van der Waals surface area contributed by atoms with E-state index in [0.29, 0.717) is 37.2 Å². The van der Waals surface area contributed by atoms with Crippen molar-refractivity contribution in [2.45, 2.75) is 55.7 Å². The monoisotopic (exact) mass is 671 g/mol. The number of nitrogens with one attached hydrogen (secondary N) is 1. The number of fused-ring (bicyclic) bond motifs is 1. The van der Waals surface area contributed by atoms with E-state index in [1.165, 1.54) is 22.7 Å². The molecular weight excluding hydrogens is 638 g/mol. The second-order valence-electron chi connectivity index (χ2n) is 11.4. The van der Waals surface area contributed by atoms with E-state index < -0.39 is 35.3 Å². The quantitative estimate of drug-likeness (QED) is 0.107. The maximum absolute atomic E-state index is 13.4. The molecule has 1 aromatic rings. The molecule has 244 valence electrons. The van der Waals surface area contributed by atoms with Gasteiger partial charge >= 0.3 is 12.1 Å². The zero-order valence-corrected chi connectivity index (χ0v) is 26.4. The summed E-state index contributed by atoms with van der Waals surface area (Å²) in [5.74, 6) is -2.61. The van der Waals surface area contributed by atoms with E-state index in [-0.39, 0.29) is 52.6 Å². The summed E-state index contributed by atoms with van der Waals surface area (Å²) < 4.78 is 5.03. The minimum Gasteiger partial charge on any atom is -0.477 e. The van der Waals surface area contributed by atoms with Gasteiger partial charge in [0.05, 0.1) is 6.04 Å². The van der Waals surface area contributed by atoms with Crippen LogP contribution in [0, 0.1) is 0 Å². The smallest absolute Gasteiger partial charge is 0.410 e. The number of rotatable bonds is 10. The predicted octanol–water partition coefficient (Wildman–Crippen LogP) is 1.29. The number of likely N-dealkylation sites (tertiary alicyclic amines) is 2. The molecule has 17 heteroatoms. The molecule has 4 N–H and O–H groups in total. The molecule has 1 aliphatic carbocycles. The fourth-order valence-electron chi connectivity index (χ4n) is 6.04. The van der Waals surface area contributed by atoms with Gasteiger partial charge in [-0.2, -0.15) is 0 Å². The number of thiazole rings is 1. The van der Waals surface area contributed by atoms with Crippen molar-refractivity contribution in [1.29, 1.82) is 0 Å². The maximum atomic E-state index is 13.4. The van der Waals surface area contributed by atoms with Crippen LogP contribution in [0.25, 0.3) is 0 Å². The van der Waals surface area contributed by atoms with Crippen molar-refractivity contribution in [3.8, 4) is 0 Å². The first-order valence-electron chi connectivity index (χ1n) is 14.9. The van der Waals surface area contributed by atoms with Gasteiger partial charge < -0.3 is 35.5 Å². The van der Waals surface area contributed by atoms with Gasteiger partial charge in [0.2, 0.25) is 5.91 Å². The van der Waals surface area contributed by atoms with Crippen LogP contribution in [0.4, 0.5) is 9.93 Å². The summed E-state index contributed by atoms with van der Waals surface area (Å²) in [4.78, 5) is 78.4. The van der Waals surface area contributed by atoms with E-state index in [1.54, 1.807) is 16.4 Å². The third kappa shape index (κ3) is 6.08. The Labute approximate surface area is 272 Å². The van der Waals surface area contributed by atoms with Crippen molar-refractivity contribution in [1.82, 2.24) is 25.0 Å². The molecule has 6 rings (SSSR count). The van der Waals surface area contributed by atoms with Crippen LogP contribution in [0.2, 0.25) is 0 Å². The van der Waals surface area contributed by atoms with E-state index in [0.717, 1.165) is 41.9 Å². The van der Waals surface area contributed by atoms with E-state index >= 15 is 0 Å². The summed E-state index contributed by atoms with van der Waals surface area (Å²) in [6, 6.07) is -1.16. The fraction of sp³-hybridized carbons (Fsp3) is 0.483. The van der Waals surface area contributed by atoms with Gasteiger partial charge in [0.15, 0.2) is 10.8 Å². The van der Waals surface area contributed by atoms with Crippen molar-refractivity contribution in [2.24, 2.45) is 5.16 Å². The van der Waals surface area contributed by atoms with Crippen LogP contribution < -0.4 is 11.1 Å². The number of carboxylic acid groups (broad SMARTS) is 1. The van der Waals surface area contributed by atoms with Gasteiger partial charge in [-0.1, -0.05) is 17.8 Å².